The summed E-state index contributed by atoms with van der Waals surface area (Å²) in [4.78, 5) is 3.78. The van der Waals surface area contributed by atoms with Gasteiger partial charge in [0.25, 0.3) is 0 Å². The monoisotopic (exact) mass is 197 g/mol. The summed E-state index contributed by atoms with van der Waals surface area (Å²) in [5.41, 5.74) is 1.14. The molecule has 0 bridgehead atoms. The second kappa shape index (κ2) is 4.91. The first-order chi connectivity index (χ1) is 7.47. The van der Waals surface area contributed by atoms with E-state index in [1.165, 1.54) is 0 Å². The molecule has 0 saturated carbocycles. The highest BCUT2D eigenvalue weighted by atomic mass is 15.2. The molecule has 74 valence electrons. The van der Waals surface area contributed by atoms with Crippen molar-refractivity contribution in [1.82, 2.24) is 14.6 Å². The van der Waals surface area contributed by atoms with E-state index in [0.717, 1.165) is 5.52 Å². The lowest BCUT2D eigenvalue weighted by molar-refractivity contribution is 0.941. The van der Waals surface area contributed by atoms with Crippen molar-refractivity contribution in [3.8, 4) is 0 Å². The maximum absolute atomic E-state index is 4.06. The van der Waals surface area contributed by atoms with Crippen LogP contribution in [0.4, 0.5) is 0 Å². The van der Waals surface area contributed by atoms with Crippen molar-refractivity contribution >= 4 is 5.52 Å². The molecular formula is C12H11N3. The molecule has 0 aliphatic heterocycles. The zero-order valence-corrected chi connectivity index (χ0v) is 8.19. The van der Waals surface area contributed by atoms with Crippen LogP contribution in [0.15, 0.2) is 67.3 Å². The van der Waals surface area contributed by atoms with E-state index in [2.05, 4.69) is 10.1 Å². The predicted octanol–water partition coefficient (Wildman–Crippen LogP) is 2.42. The summed E-state index contributed by atoms with van der Waals surface area (Å²) in [6.45, 7) is 0. The number of hydrogen-bond acceptors (Lipinski definition) is 2. The fourth-order valence-electron chi connectivity index (χ4n) is 1.19. The Kier molecular flexibility index (Phi) is 3.07. The van der Waals surface area contributed by atoms with E-state index in [1.807, 2.05) is 53.2 Å². The first kappa shape index (κ1) is 9.40. The molecule has 3 heterocycles. The maximum Gasteiger partial charge on any atom is 0.0646 e. The molecule has 0 aliphatic carbocycles. The lowest BCUT2D eigenvalue weighted by Gasteiger charge is -1.87. The summed E-state index contributed by atoms with van der Waals surface area (Å²) >= 11 is 0. The molecule has 0 atom stereocenters. The third kappa shape index (κ3) is 2.64. The van der Waals surface area contributed by atoms with E-state index in [0.29, 0.717) is 0 Å². The molecule has 0 unspecified atom stereocenters. The standard InChI is InChI=1S/C7H6N2.C5H5N/c1-3-7-4-2-6-9(7)8-5-1;1-2-4-6-5-3-1/h1-6H;1-5H. The van der Waals surface area contributed by atoms with Gasteiger partial charge in [-0.15, -0.1) is 0 Å². The van der Waals surface area contributed by atoms with Gasteiger partial charge in [-0.1, -0.05) is 6.07 Å². The van der Waals surface area contributed by atoms with E-state index in [4.69, 9.17) is 0 Å². The second-order valence-electron chi connectivity index (χ2n) is 2.93. The van der Waals surface area contributed by atoms with Crippen LogP contribution in [0.25, 0.3) is 5.52 Å². The van der Waals surface area contributed by atoms with Crippen LogP contribution in [0.2, 0.25) is 0 Å². The van der Waals surface area contributed by atoms with Crippen molar-refractivity contribution in [2.75, 3.05) is 0 Å². The second-order valence-corrected chi connectivity index (χ2v) is 2.93. The molecule has 15 heavy (non-hydrogen) atoms. The molecule has 3 heteroatoms. The molecule has 0 fully saturated rings. The topological polar surface area (TPSA) is 30.2 Å². The molecule has 0 aromatic carbocycles. The van der Waals surface area contributed by atoms with Crippen LogP contribution in [0, 0.1) is 0 Å². The van der Waals surface area contributed by atoms with Gasteiger partial charge in [0.05, 0.1) is 5.52 Å². The SMILES string of the molecule is c1ccncc1.c1cnn2cccc2c1. The van der Waals surface area contributed by atoms with Crippen molar-refractivity contribution in [3.05, 3.63) is 67.3 Å². The minimum atomic E-state index is 1.14. The van der Waals surface area contributed by atoms with Crippen molar-refractivity contribution in [1.29, 1.82) is 0 Å². The van der Waals surface area contributed by atoms with Gasteiger partial charge in [0.2, 0.25) is 0 Å². The van der Waals surface area contributed by atoms with Crippen LogP contribution in [0.1, 0.15) is 0 Å². The smallest absolute Gasteiger partial charge is 0.0646 e. The van der Waals surface area contributed by atoms with Gasteiger partial charge < -0.3 is 0 Å². The highest BCUT2D eigenvalue weighted by Gasteiger charge is 1.85. The predicted molar refractivity (Wildman–Crippen MR) is 59.4 cm³/mol. The first-order valence-electron chi connectivity index (χ1n) is 4.70. The van der Waals surface area contributed by atoms with E-state index in [-0.39, 0.29) is 0 Å². The summed E-state index contributed by atoms with van der Waals surface area (Å²) in [7, 11) is 0. The van der Waals surface area contributed by atoms with Crippen molar-refractivity contribution in [3.63, 3.8) is 0 Å². The van der Waals surface area contributed by atoms with Gasteiger partial charge in [-0.2, -0.15) is 5.10 Å². The number of nitrogens with zero attached hydrogens (tertiary/aromatic N) is 3. The molecule has 3 aromatic heterocycles. The Morgan fingerprint density at radius 2 is 1.60 bits per heavy atom. The molecule has 3 rings (SSSR count). The average molecular weight is 197 g/mol. The van der Waals surface area contributed by atoms with Gasteiger partial charge in [-0.3, -0.25) is 4.98 Å². The van der Waals surface area contributed by atoms with Gasteiger partial charge in [0, 0.05) is 24.8 Å². The van der Waals surface area contributed by atoms with Crippen molar-refractivity contribution in [2.45, 2.75) is 0 Å². The zero-order valence-electron chi connectivity index (χ0n) is 8.19. The van der Waals surface area contributed by atoms with Crippen LogP contribution < -0.4 is 0 Å². The van der Waals surface area contributed by atoms with E-state index in [1.54, 1.807) is 18.6 Å². The Bertz CT molecular complexity index is 445. The third-order valence-corrected chi connectivity index (χ3v) is 1.87. The number of fused-ring (bicyclic) bond motifs is 1. The fraction of sp³-hybridized carbons (Fsp3) is 0. The highest BCUT2D eigenvalue weighted by molar-refractivity contribution is 5.44. The van der Waals surface area contributed by atoms with Crippen LogP contribution >= 0.6 is 0 Å². The summed E-state index contributed by atoms with van der Waals surface area (Å²) in [5, 5.41) is 4.06. The summed E-state index contributed by atoms with van der Waals surface area (Å²) in [6, 6.07) is 13.7. The zero-order chi connectivity index (χ0) is 10.3. The minimum Gasteiger partial charge on any atom is -0.265 e. The maximum atomic E-state index is 4.06. The number of hydrogen-bond donors (Lipinski definition) is 0. The molecule has 3 nitrogen and oxygen atoms in total. The van der Waals surface area contributed by atoms with Crippen LogP contribution in [0.5, 0.6) is 0 Å². The van der Waals surface area contributed by atoms with Crippen LogP contribution in [-0.2, 0) is 0 Å². The lowest BCUT2D eigenvalue weighted by atomic mass is 10.5. The lowest BCUT2D eigenvalue weighted by Crippen LogP contribution is -1.84. The van der Waals surface area contributed by atoms with E-state index in [9.17, 15) is 0 Å². The number of pyridine rings is 1. The molecule has 0 N–H and O–H groups in total. The van der Waals surface area contributed by atoms with Gasteiger partial charge in [0.1, 0.15) is 0 Å². The fourth-order valence-corrected chi connectivity index (χ4v) is 1.19. The number of aromatic nitrogens is 3. The van der Waals surface area contributed by atoms with Gasteiger partial charge in [-0.25, -0.2) is 4.52 Å². The Labute approximate surface area is 88.0 Å². The molecule has 0 radical (unpaired) electrons. The Hall–Kier alpha value is -2.16. The van der Waals surface area contributed by atoms with E-state index >= 15 is 0 Å². The van der Waals surface area contributed by atoms with Crippen LogP contribution in [-0.4, -0.2) is 14.6 Å². The normalized spacial score (nSPS) is 9.33. The molecule has 0 saturated heterocycles. The minimum absolute atomic E-state index is 1.14. The van der Waals surface area contributed by atoms with Gasteiger partial charge in [-0.05, 0) is 36.4 Å². The first-order valence-corrected chi connectivity index (χ1v) is 4.70. The Morgan fingerprint density at radius 1 is 0.800 bits per heavy atom. The van der Waals surface area contributed by atoms with Gasteiger partial charge in [0.15, 0.2) is 0 Å². The molecule has 0 aliphatic rings. The Morgan fingerprint density at radius 3 is 2.20 bits per heavy atom. The van der Waals surface area contributed by atoms with Crippen molar-refractivity contribution < 1.29 is 0 Å². The number of rotatable bonds is 0. The van der Waals surface area contributed by atoms with Crippen molar-refractivity contribution in [2.24, 2.45) is 0 Å². The largest absolute Gasteiger partial charge is 0.265 e. The summed E-state index contributed by atoms with van der Waals surface area (Å²) < 4.78 is 1.83. The van der Waals surface area contributed by atoms with Gasteiger partial charge >= 0.3 is 0 Å². The molecule has 0 amide bonds. The highest BCUT2D eigenvalue weighted by Crippen LogP contribution is 1.98. The van der Waals surface area contributed by atoms with E-state index < -0.39 is 0 Å². The average Bonchev–Trinajstić information content (AvgIpc) is 2.80. The Balaban J connectivity index is 0.000000124. The quantitative estimate of drug-likeness (QED) is 0.554. The third-order valence-electron chi connectivity index (χ3n) is 1.87. The molecular weight excluding hydrogens is 186 g/mol. The van der Waals surface area contributed by atoms with Crippen LogP contribution in [0.3, 0.4) is 0 Å². The molecule has 3 aromatic rings. The summed E-state index contributed by atoms with van der Waals surface area (Å²) in [5.74, 6) is 0. The summed E-state index contributed by atoms with van der Waals surface area (Å²) in [6.07, 6.45) is 7.20. The molecule has 0 spiro atoms.